The summed E-state index contributed by atoms with van der Waals surface area (Å²) in [5.41, 5.74) is 0.950. The molecule has 1 amide bonds. The second kappa shape index (κ2) is 8.65. The highest BCUT2D eigenvalue weighted by Crippen LogP contribution is 2.36. The number of hydrogen-bond acceptors (Lipinski definition) is 7. The fourth-order valence-electron chi connectivity index (χ4n) is 3.65. The molecule has 156 valence electrons. The van der Waals surface area contributed by atoms with Crippen LogP contribution in [-0.2, 0) is 14.8 Å². The molecule has 10 heteroatoms. The Bertz CT molecular complexity index is 963. The Balaban J connectivity index is 1.45. The van der Waals surface area contributed by atoms with Crippen LogP contribution in [0.25, 0.3) is 0 Å². The van der Waals surface area contributed by atoms with Crippen molar-refractivity contribution in [2.24, 2.45) is 5.10 Å². The number of piperazine rings is 1. The minimum absolute atomic E-state index is 0.0400. The third-order valence-corrected chi connectivity index (χ3v) is 9.07. The molecular weight excluding hydrogens is 428 g/mol. The van der Waals surface area contributed by atoms with Gasteiger partial charge in [0.1, 0.15) is 0 Å². The quantitative estimate of drug-likeness (QED) is 0.675. The van der Waals surface area contributed by atoms with Crippen LogP contribution in [0.3, 0.4) is 0 Å². The zero-order chi connectivity index (χ0) is 20.4. The van der Waals surface area contributed by atoms with Gasteiger partial charge in [0.2, 0.25) is 10.0 Å². The standard InChI is InChI=1S/C19H24N4O3S3/c1-2-29(25,26)22-9-7-21(8-10-22)14-19(24)23-16(18-6-4-12-28-18)13-15(20-23)17-5-3-11-27-17/h3-6,11-12,16H,2,7-10,13-14H2,1H3. The van der Waals surface area contributed by atoms with Gasteiger partial charge in [0.15, 0.2) is 0 Å². The molecule has 2 aromatic heterocycles. The van der Waals surface area contributed by atoms with E-state index in [2.05, 4.69) is 11.2 Å². The molecule has 1 unspecified atom stereocenters. The van der Waals surface area contributed by atoms with Crippen LogP contribution >= 0.6 is 22.7 Å². The van der Waals surface area contributed by atoms with Crippen LogP contribution in [-0.4, -0.2) is 72.7 Å². The first-order valence-electron chi connectivity index (χ1n) is 9.65. The Morgan fingerprint density at radius 3 is 2.48 bits per heavy atom. The molecule has 29 heavy (non-hydrogen) atoms. The molecule has 0 saturated carbocycles. The van der Waals surface area contributed by atoms with Crippen molar-refractivity contribution in [3.8, 4) is 0 Å². The van der Waals surface area contributed by atoms with Crippen molar-refractivity contribution in [2.45, 2.75) is 19.4 Å². The van der Waals surface area contributed by atoms with Gasteiger partial charge in [-0.25, -0.2) is 13.4 Å². The van der Waals surface area contributed by atoms with Crippen molar-refractivity contribution in [1.29, 1.82) is 0 Å². The van der Waals surface area contributed by atoms with Gasteiger partial charge < -0.3 is 0 Å². The molecule has 0 spiro atoms. The van der Waals surface area contributed by atoms with E-state index in [9.17, 15) is 13.2 Å². The van der Waals surface area contributed by atoms with E-state index in [4.69, 9.17) is 0 Å². The maximum Gasteiger partial charge on any atom is 0.257 e. The molecule has 2 aliphatic heterocycles. The number of nitrogens with zero attached hydrogens (tertiary/aromatic N) is 4. The highest BCUT2D eigenvalue weighted by atomic mass is 32.2. The normalized spacial score (nSPS) is 21.5. The van der Waals surface area contributed by atoms with Gasteiger partial charge in [0, 0.05) is 37.5 Å². The number of carbonyl (C=O) groups is 1. The smallest absolute Gasteiger partial charge is 0.257 e. The molecule has 7 nitrogen and oxygen atoms in total. The molecule has 0 bridgehead atoms. The molecule has 0 aliphatic carbocycles. The minimum Gasteiger partial charge on any atom is -0.292 e. The Hall–Kier alpha value is -1.59. The number of hydrazone groups is 1. The lowest BCUT2D eigenvalue weighted by molar-refractivity contribution is -0.134. The van der Waals surface area contributed by atoms with E-state index in [0.717, 1.165) is 21.9 Å². The van der Waals surface area contributed by atoms with E-state index < -0.39 is 10.0 Å². The molecule has 0 aromatic carbocycles. The summed E-state index contributed by atoms with van der Waals surface area (Å²) in [6.45, 7) is 3.90. The molecule has 1 atom stereocenters. The number of amides is 1. The molecule has 1 saturated heterocycles. The van der Waals surface area contributed by atoms with Gasteiger partial charge in [-0.1, -0.05) is 12.1 Å². The van der Waals surface area contributed by atoms with E-state index in [1.54, 1.807) is 34.6 Å². The second-order valence-electron chi connectivity index (χ2n) is 7.07. The lowest BCUT2D eigenvalue weighted by atomic mass is 10.1. The average Bonchev–Trinajstić information content (AvgIpc) is 3.49. The van der Waals surface area contributed by atoms with Gasteiger partial charge >= 0.3 is 0 Å². The Labute approximate surface area is 179 Å². The van der Waals surface area contributed by atoms with Crippen LogP contribution in [0.2, 0.25) is 0 Å². The van der Waals surface area contributed by atoms with E-state index in [1.165, 1.54) is 4.31 Å². The van der Waals surface area contributed by atoms with Gasteiger partial charge in [-0.05, 0) is 29.8 Å². The van der Waals surface area contributed by atoms with Crippen molar-refractivity contribution in [2.75, 3.05) is 38.5 Å². The molecule has 2 aromatic rings. The summed E-state index contributed by atoms with van der Waals surface area (Å²) >= 11 is 3.28. The van der Waals surface area contributed by atoms with Crippen molar-refractivity contribution in [3.63, 3.8) is 0 Å². The number of hydrogen-bond donors (Lipinski definition) is 0. The molecule has 0 N–H and O–H groups in total. The van der Waals surface area contributed by atoms with Gasteiger partial charge in [-0.15, -0.1) is 22.7 Å². The third-order valence-electron chi connectivity index (χ3n) is 5.29. The first-order chi connectivity index (χ1) is 14.0. The zero-order valence-corrected chi connectivity index (χ0v) is 18.7. The van der Waals surface area contributed by atoms with Crippen LogP contribution in [0, 0.1) is 0 Å². The first kappa shape index (κ1) is 20.7. The summed E-state index contributed by atoms with van der Waals surface area (Å²) in [5.74, 6) is 0.0735. The lowest BCUT2D eigenvalue weighted by Gasteiger charge is -2.34. The SMILES string of the molecule is CCS(=O)(=O)N1CCN(CC(=O)N2N=C(c3cccs3)CC2c2cccs2)CC1. The second-order valence-corrected chi connectivity index (χ2v) is 11.3. The van der Waals surface area contributed by atoms with E-state index in [1.807, 2.05) is 33.9 Å². The molecule has 0 radical (unpaired) electrons. The minimum atomic E-state index is -3.17. The van der Waals surface area contributed by atoms with Gasteiger partial charge in [0.05, 0.1) is 28.9 Å². The molecule has 1 fully saturated rings. The summed E-state index contributed by atoms with van der Waals surface area (Å²) in [4.78, 5) is 17.4. The molecule has 4 heterocycles. The van der Waals surface area contributed by atoms with Gasteiger partial charge in [0.25, 0.3) is 5.91 Å². The molecule has 2 aliphatic rings. The predicted octanol–water partition coefficient (Wildman–Crippen LogP) is 2.45. The van der Waals surface area contributed by atoms with E-state index in [0.29, 0.717) is 26.2 Å². The number of rotatable bonds is 6. The summed E-state index contributed by atoms with van der Waals surface area (Å²) in [6, 6.07) is 8.02. The summed E-state index contributed by atoms with van der Waals surface area (Å²) in [7, 11) is -3.17. The number of carbonyl (C=O) groups excluding carboxylic acids is 1. The molecule has 4 rings (SSSR count). The Kier molecular flexibility index (Phi) is 6.16. The van der Waals surface area contributed by atoms with Crippen LogP contribution in [0.15, 0.2) is 40.1 Å². The fourth-order valence-corrected chi connectivity index (χ4v) is 6.26. The number of thiophene rings is 2. The summed E-state index contributed by atoms with van der Waals surface area (Å²) < 4.78 is 25.6. The Morgan fingerprint density at radius 2 is 1.86 bits per heavy atom. The van der Waals surface area contributed by atoms with Gasteiger partial charge in [-0.2, -0.15) is 9.41 Å². The van der Waals surface area contributed by atoms with Crippen molar-refractivity contribution < 1.29 is 13.2 Å². The van der Waals surface area contributed by atoms with Crippen LogP contribution in [0.5, 0.6) is 0 Å². The third kappa shape index (κ3) is 4.46. The lowest BCUT2D eigenvalue weighted by Crippen LogP contribution is -2.51. The highest BCUT2D eigenvalue weighted by Gasteiger charge is 2.35. The maximum atomic E-state index is 13.1. The fraction of sp³-hybridized carbons (Fsp3) is 0.474. The van der Waals surface area contributed by atoms with Crippen molar-refractivity contribution >= 4 is 44.3 Å². The highest BCUT2D eigenvalue weighted by molar-refractivity contribution is 7.89. The first-order valence-corrected chi connectivity index (χ1v) is 13.0. The summed E-state index contributed by atoms with van der Waals surface area (Å²) in [6.07, 6.45) is 0.718. The summed E-state index contributed by atoms with van der Waals surface area (Å²) in [5, 5.41) is 10.4. The largest absolute Gasteiger partial charge is 0.292 e. The van der Waals surface area contributed by atoms with E-state index in [-0.39, 0.29) is 24.2 Å². The Morgan fingerprint density at radius 1 is 1.14 bits per heavy atom. The predicted molar refractivity (Wildman–Crippen MR) is 117 cm³/mol. The topological polar surface area (TPSA) is 73.3 Å². The maximum absolute atomic E-state index is 13.1. The van der Waals surface area contributed by atoms with E-state index >= 15 is 0 Å². The van der Waals surface area contributed by atoms with Crippen LogP contribution < -0.4 is 0 Å². The number of sulfonamides is 1. The molecular formula is C19H24N4O3S3. The van der Waals surface area contributed by atoms with Crippen LogP contribution in [0.4, 0.5) is 0 Å². The van der Waals surface area contributed by atoms with Crippen molar-refractivity contribution in [3.05, 3.63) is 44.8 Å². The monoisotopic (exact) mass is 452 g/mol. The van der Waals surface area contributed by atoms with Gasteiger partial charge in [-0.3, -0.25) is 9.69 Å². The zero-order valence-electron chi connectivity index (χ0n) is 16.2. The van der Waals surface area contributed by atoms with Crippen LogP contribution in [0.1, 0.15) is 29.1 Å². The average molecular weight is 453 g/mol. The van der Waals surface area contributed by atoms with Crippen molar-refractivity contribution in [1.82, 2.24) is 14.2 Å².